The summed E-state index contributed by atoms with van der Waals surface area (Å²) in [4.78, 5) is 0. The summed E-state index contributed by atoms with van der Waals surface area (Å²) in [5, 5.41) is 3.73. The van der Waals surface area contributed by atoms with E-state index < -0.39 is 0 Å². The Kier molecular flexibility index (Phi) is 7.06. The second-order valence-corrected chi connectivity index (χ2v) is 5.23. The van der Waals surface area contributed by atoms with E-state index in [1.807, 2.05) is 7.11 Å². The third-order valence-corrected chi connectivity index (χ3v) is 3.74. The molecule has 0 bridgehead atoms. The molecule has 0 heterocycles. The summed E-state index contributed by atoms with van der Waals surface area (Å²) in [6.07, 6.45) is 11.1. The Hall–Kier alpha value is -0.0800. The van der Waals surface area contributed by atoms with Gasteiger partial charge in [-0.05, 0) is 32.6 Å². The van der Waals surface area contributed by atoms with Gasteiger partial charge in [0.15, 0.2) is 0 Å². The van der Waals surface area contributed by atoms with Crippen molar-refractivity contribution in [2.75, 3.05) is 7.11 Å². The van der Waals surface area contributed by atoms with Crippen LogP contribution in [0.25, 0.3) is 0 Å². The zero-order valence-electron chi connectivity index (χ0n) is 11.3. The van der Waals surface area contributed by atoms with Crippen LogP contribution in [-0.4, -0.2) is 25.3 Å². The SMILES string of the molecule is CCCCCCC(C)NC1CCCC1OC. The van der Waals surface area contributed by atoms with Gasteiger partial charge in [-0.15, -0.1) is 0 Å². The molecule has 0 amide bonds. The van der Waals surface area contributed by atoms with Gasteiger partial charge in [-0.3, -0.25) is 0 Å². The largest absolute Gasteiger partial charge is 0.380 e. The molecule has 0 spiro atoms. The molecule has 1 fully saturated rings. The van der Waals surface area contributed by atoms with Gasteiger partial charge < -0.3 is 10.1 Å². The molecule has 1 saturated carbocycles. The maximum Gasteiger partial charge on any atom is 0.0724 e. The normalized spacial score (nSPS) is 27.2. The zero-order valence-corrected chi connectivity index (χ0v) is 11.3. The van der Waals surface area contributed by atoms with Gasteiger partial charge >= 0.3 is 0 Å². The molecular formula is C14H29NO. The quantitative estimate of drug-likeness (QED) is 0.641. The fourth-order valence-electron chi connectivity index (χ4n) is 2.72. The molecule has 3 unspecified atom stereocenters. The van der Waals surface area contributed by atoms with Gasteiger partial charge in [0.2, 0.25) is 0 Å². The van der Waals surface area contributed by atoms with Gasteiger partial charge in [-0.25, -0.2) is 0 Å². The van der Waals surface area contributed by atoms with E-state index in [0.29, 0.717) is 18.2 Å². The van der Waals surface area contributed by atoms with Crippen LogP contribution in [0.4, 0.5) is 0 Å². The van der Waals surface area contributed by atoms with Gasteiger partial charge in [-0.1, -0.05) is 32.6 Å². The third-order valence-electron chi connectivity index (χ3n) is 3.74. The van der Waals surface area contributed by atoms with Crippen molar-refractivity contribution in [3.8, 4) is 0 Å². The number of unbranched alkanes of at least 4 members (excludes halogenated alkanes) is 3. The Bertz CT molecular complexity index is 172. The lowest BCUT2D eigenvalue weighted by Gasteiger charge is -2.24. The molecule has 0 aromatic carbocycles. The molecule has 1 aliphatic rings. The molecular weight excluding hydrogens is 198 g/mol. The molecule has 1 rings (SSSR count). The molecule has 96 valence electrons. The maximum absolute atomic E-state index is 5.51. The second kappa shape index (κ2) is 8.08. The monoisotopic (exact) mass is 227 g/mol. The molecule has 16 heavy (non-hydrogen) atoms. The van der Waals surface area contributed by atoms with Crippen LogP contribution >= 0.6 is 0 Å². The van der Waals surface area contributed by atoms with E-state index in [-0.39, 0.29) is 0 Å². The van der Waals surface area contributed by atoms with Crippen LogP contribution in [0.15, 0.2) is 0 Å². The average Bonchev–Trinajstić information content (AvgIpc) is 2.71. The summed E-state index contributed by atoms with van der Waals surface area (Å²) in [6, 6.07) is 1.25. The highest BCUT2D eigenvalue weighted by Gasteiger charge is 2.27. The van der Waals surface area contributed by atoms with E-state index in [9.17, 15) is 0 Å². The van der Waals surface area contributed by atoms with Gasteiger partial charge in [0, 0.05) is 19.2 Å². The van der Waals surface area contributed by atoms with E-state index in [4.69, 9.17) is 4.74 Å². The molecule has 0 aliphatic heterocycles. The first kappa shape index (κ1) is 14.0. The predicted octanol–water partition coefficient (Wildman–Crippen LogP) is 3.50. The van der Waals surface area contributed by atoms with E-state index in [1.54, 1.807) is 0 Å². The average molecular weight is 227 g/mol. The topological polar surface area (TPSA) is 21.3 Å². The van der Waals surface area contributed by atoms with Crippen molar-refractivity contribution in [3.63, 3.8) is 0 Å². The minimum atomic E-state index is 0.457. The number of hydrogen-bond acceptors (Lipinski definition) is 2. The number of methoxy groups -OCH3 is 1. The van der Waals surface area contributed by atoms with Crippen LogP contribution in [0.2, 0.25) is 0 Å². The van der Waals surface area contributed by atoms with E-state index in [0.717, 1.165) is 0 Å². The van der Waals surface area contributed by atoms with Crippen LogP contribution in [0.3, 0.4) is 0 Å². The Labute approximate surface area is 101 Å². The number of ether oxygens (including phenoxy) is 1. The van der Waals surface area contributed by atoms with Crippen molar-refractivity contribution in [1.82, 2.24) is 5.32 Å². The van der Waals surface area contributed by atoms with Gasteiger partial charge in [0.25, 0.3) is 0 Å². The highest BCUT2D eigenvalue weighted by molar-refractivity contribution is 4.85. The Morgan fingerprint density at radius 1 is 1.25 bits per heavy atom. The number of nitrogens with one attached hydrogen (secondary N) is 1. The molecule has 2 heteroatoms. The fourth-order valence-corrected chi connectivity index (χ4v) is 2.72. The van der Waals surface area contributed by atoms with Crippen molar-refractivity contribution in [3.05, 3.63) is 0 Å². The van der Waals surface area contributed by atoms with Gasteiger partial charge in [-0.2, -0.15) is 0 Å². The second-order valence-electron chi connectivity index (χ2n) is 5.23. The molecule has 0 aromatic heterocycles. The first-order chi connectivity index (χ1) is 7.77. The van der Waals surface area contributed by atoms with Crippen molar-refractivity contribution in [1.29, 1.82) is 0 Å². The first-order valence-electron chi connectivity index (χ1n) is 7.06. The van der Waals surface area contributed by atoms with E-state index in [2.05, 4.69) is 19.2 Å². The van der Waals surface area contributed by atoms with Gasteiger partial charge in [0.05, 0.1) is 6.10 Å². The lowest BCUT2D eigenvalue weighted by Crippen LogP contribution is -2.41. The summed E-state index contributed by atoms with van der Waals surface area (Å²) in [6.45, 7) is 4.58. The smallest absolute Gasteiger partial charge is 0.0724 e. The van der Waals surface area contributed by atoms with Crippen LogP contribution in [-0.2, 0) is 4.74 Å². The Balaban J connectivity index is 2.10. The summed E-state index contributed by atoms with van der Waals surface area (Å²) in [5.74, 6) is 0. The molecule has 2 nitrogen and oxygen atoms in total. The molecule has 3 atom stereocenters. The van der Waals surface area contributed by atoms with Crippen LogP contribution in [0.5, 0.6) is 0 Å². The first-order valence-corrected chi connectivity index (χ1v) is 7.06. The molecule has 0 aromatic rings. The lowest BCUT2D eigenvalue weighted by molar-refractivity contribution is 0.0815. The highest BCUT2D eigenvalue weighted by Crippen LogP contribution is 2.22. The van der Waals surface area contributed by atoms with Crippen molar-refractivity contribution in [2.45, 2.75) is 83.4 Å². The van der Waals surface area contributed by atoms with Gasteiger partial charge in [0.1, 0.15) is 0 Å². The minimum Gasteiger partial charge on any atom is -0.380 e. The van der Waals surface area contributed by atoms with Crippen molar-refractivity contribution in [2.24, 2.45) is 0 Å². The molecule has 1 N–H and O–H groups in total. The van der Waals surface area contributed by atoms with E-state index in [1.165, 1.54) is 51.4 Å². The predicted molar refractivity (Wildman–Crippen MR) is 69.8 cm³/mol. The number of rotatable bonds is 8. The Morgan fingerprint density at radius 2 is 2.06 bits per heavy atom. The van der Waals surface area contributed by atoms with Crippen LogP contribution in [0, 0.1) is 0 Å². The maximum atomic E-state index is 5.51. The van der Waals surface area contributed by atoms with Crippen molar-refractivity contribution < 1.29 is 4.74 Å². The van der Waals surface area contributed by atoms with Crippen LogP contribution in [0.1, 0.15) is 65.2 Å². The number of hydrogen-bond donors (Lipinski definition) is 1. The molecule has 0 radical (unpaired) electrons. The van der Waals surface area contributed by atoms with Crippen molar-refractivity contribution >= 4 is 0 Å². The summed E-state index contributed by atoms with van der Waals surface area (Å²) in [5.41, 5.74) is 0. The van der Waals surface area contributed by atoms with Crippen LogP contribution < -0.4 is 5.32 Å². The molecule has 0 saturated heterocycles. The lowest BCUT2D eigenvalue weighted by atomic mass is 10.1. The summed E-state index contributed by atoms with van der Waals surface area (Å²) in [7, 11) is 1.84. The fraction of sp³-hybridized carbons (Fsp3) is 1.00. The third kappa shape index (κ3) is 4.84. The minimum absolute atomic E-state index is 0.457. The standard InChI is InChI=1S/C14H29NO/c1-4-5-6-7-9-12(2)15-13-10-8-11-14(13)16-3/h12-15H,4-11H2,1-3H3. The Morgan fingerprint density at radius 3 is 2.75 bits per heavy atom. The summed E-state index contributed by atoms with van der Waals surface area (Å²) >= 11 is 0. The highest BCUT2D eigenvalue weighted by atomic mass is 16.5. The van der Waals surface area contributed by atoms with E-state index >= 15 is 0 Å². The molecule has 1 aliphatic carbocycles. The zero-order chi connectivity index (χ0) is 11.8. The summed E-state index contributed by atoms with van der Waals surface area (Å²) < 4.78 is 5.51.